The maximum Gasteiger partial charge on any atom is 0.263 e. The van der Waals surface area contributed by atoms with Crippen molar-refractivity contribution >= 4 is 31.6 Å². The van der Waals surface area contributed by atoms with Crippen molar-refractivity contribution in [3.8, 4) is 5.75 Å². The predicted octanol–water partition coefficient (Wildman–Crippen LogP) is 2.58. The van der Waals surface area contributed by atoms with Crippen molar-refractivity contribution in [2.75, 3.05) is 11.3 Å². The van der Waals surface area contributed by atoms with Gasteiger partial charge in [-0.15, -0.1) is 0 Å². The Labute approximate surface area is 125 Å². The number of nitrogens with zero attached hydrogens (tertiary/aromatic N) is 1. The highest BCUT2D eigenvalue weighted by Gasteiger charge is 2.17. The standard InChI is InChI=1S/C13H11BrN2O3S/c14-10-6-12(8-15-7-10)20(17,18)16-11-1-2-13-9(5-11)3-4-19-13/h1-2,5-8,16H,3-4H2. The zero-order valence-electron chi connectivity index (χ0n) is 10.3. The van der Waals surface area contributed by atoms with Gasteiger partial charge in [0.2, 0.25) is 0 Å². The van der Waals surface area contributed by atoms with Crippen molar-refractivity contribution in [2.45, 2.75) is 11.3 Å². The molecule has 1 aromatic carbocycles. The van der Waals surface area contributed by atoms with Gasteiger partial charge in [-0.2, -0.15) is 0 Å². The van der Waals surface area contributed by atoms with E-state index in [1.54, 1.807) is 18.2 Å². The molecule has 0 bridgehead atoms. The lowest BCUT2D eigenvalue weighted by Crippen LogP contribution is -2.13. The fourth-order valence-corrected chi connectivity index (χ4v) is 3.56. The molecule has 3 rings (SSSR count). The van der Waals surface area contributed by atoms with E-state index in [1.807, 2.05) is 0 Å². The van der Waals surface area contributed by atoms with Crippen LogP contribution in [0.25, 0.3) is 0 Å². The lowest BCUT2D eigenvalue weighted by Gasteiger charge is -2.09. The number of benzene rings is 1. The van der Waals surface area contributed by atoms with Crippen LogP contribution in [0.15, 0.2) is 46.0 Å². The average molecular weight is 355 g/mol. The van der Waals surface area contributed by atoms with E-state index in [2.05, 4.69) is 25.6 Å². The summed E-state index contributed by atoms with van der Waals surface area (Å²) in [4.78, 5) is 3.98. The number of fused-ring (bicyclic) bond motifs is 1. The Bertz CT molecular complexity index is 762. The number of anilines is 1. The molecule has 20 heavy (non-hydrogen) atoms. The fourth-order valence-electron chi connectivity index (χ4n) is 2.00. The van der Waals surface area contributed by atoms with Gasteiger partial charge >= 0.3 is 0 Å². The number of ether oxygens (including phenoxy) is 1. The van der Waals surface area contributed by atoms with Gasteiger partial charge in [-0.25, -0.2) is 8.42 Å². The van der Waals surface area contributed by atoms with Gasteiger partial charge in [-0.3, -0.25) is 9.71 Å². The van der Waals surface area contributed by atoms with Crippen LogP contribution in [0.1, 0.15) is 5.56 Å². The highest BCUT2D eigenvalue weighted by Crippen LogP contribution is 2.29. The molecule has 0 saturated heterocycles. The van der Waals surface area contributed by atoms with Crippen LogP contribution in [0, 0.1) is 0 Å². The minimum absolute atomic E-state index is 0.114. The average Bonchev–Trinajstić information content (AvgIpc) is 2.85. The van der Waals surface area contributed by atoms with Crippen LogP contribution in [0.3, 0.4) is 0 Å². The first kappa shape index (κ1) is 13.4. The smallest absolute Gasteiger partial charge is 0.263 e. The lowest BCUT2D eigenvalue weighted by atomic mass is 10.1. The Balaban J connectivity index is 1.90. The summed E-state index contributed by atoms with van der Waals surface area (Å²) in [5.74, 6) is 0.817. The summed E-state index contributed by atoms with van der Waals surface area (Å²) in [6.45, 7) is 0.640. The maximum absolute atomic E-state index is 12.3. The number of pyridine rings is 1. The molecule has 5 nitrogen and oxygen atoms in total. The Morgan fingerprint density at radius 1 is 1.25 bits per heavy atom. The van der Waals surface area contributed by atoms with Gasteiger partial charge < -0.3 is 4.74 Å². The Kier molecular flexibility index (Phi) is 3.39. The van der Waals surface area contributed by atoms with Crippen LogP contribution in [0.2, 0.25) is 0 Å². The minimum atomic E-state index is -3.64. The highest BCUT2D eigenvalue weighted by atomic mass is 79.9. The van der Waals surface area contributed by atoms with Crippen LogP contribution in [0.4, 0.5) is 5.69 Å². The summed E-state index contributed by atoms with van der Waals surface area (Å²) in [7, 11) is -3.64. The molecule has 7 heteroatoms. The highest BCUT2D eigenvalue weighted by molar-refractivity contribution is 9.10. The molecule has 2 aromatic rings. The van der Waals surface area contributed by atoms with E-state index in [0.29, 0.717) is 16.8 Å². The second kappa shape index (κ2) is 5.06. The van der Waals surface area contributed by atoms with Crippen molar-refractivity contribution in [3.63, 3.8) is 0 Å². The molecule has 0 unspecified atom stereocenters. The SMILES string of the molecule is O=S(=O)(Nc1ccc2c(c1)CCO2)c1cncc(Br)c1. The van der Waals surface area contributed by atoms with Crippen LogP contribution in [0.5, 0.6) is 5.75 Å². The molecule has 0 aliphatic carbocycles. The zero-order valence-corrected chi connectivity index (χ0v) is 12.7. The summed E-state index contributed by atoms with van der Waals surface area (Å²) in [5, 5.41) is 0. The summed E-state index contributed by atoms with van der Waals surface area (Å²) in [5.41, 5.74) is 1.53. The number of hydrogen-bond donors (Lipinski definition) is 1. The number of rotatable bonds is 3. The van der Waals surface area contributed by atoms with Crippen LogP contribution in [-0.4, -0.2) is 20.0 Å². The molecule has 0 spiro atoms. The molecule has 0 atom stereocenters. The molecule has 0 radical (unpaired) electrons. The van der Waals surface area contributed by atoms with Crippen LogP contribution in [-0.2, 0) is 16.4 Å². The molecule has 2 heterocycles. The molecule has 104 valence electrons. The molecule has 0 saturated carbocycles. The Morgan fingerprint density at radius 3 is 2.90 bits per heavy atom. The van der Waals surface area contributed by atoms with Crippen LogP contribution < -0.4 is 9.46 Å². The molecule has 1 aromatic heterocycles. The van der Waals surface area contributed by atoms with Crippen molar-refractivity contribution in [3.05, 3.63) is 46.7 Å². The molecule has 0 amide bonds. The summed E-state index contributed by atoms with van der Waals surface area (Å²) in [6.07, 6.45) is 3.64. The number of halogens is 1. The second-order valence-electron chi connectivity index (χ2n) is 4.37. The van der Waals surface area contributed by atoms with Crippen molar-refractivity contribution in [1.29, 1.82) is 0 Å². The van der Waals surface area contributed by atoms with E-state index in [4.69, 9.17) is 4.74 Å². The van der Waals surface area contributed by atoms with Gasteiger partial charge in [0.05, 0.1) is 6.61 Å². The molecular formula is C13H11BrN2O3S. The third-order valence-electron chi connectivity index (χ3n) is 2.93. The third-order valence-corrected chi connectivity index (χ3v) is 4.71. The van der Waals surface area contributed by atoms with Gasteiger partial charge in [-0.1, -0.05) is 0 Å². The van der Waals surface area contributed by atoms with Gasteiger partial charge in [-0.05, 0) is 45.8 Å². The maximum atomic E-state index is 12.3. The van der Waals surface area contributed by atoms with Gasteiger partial charge in [0, 0.05) is 29.0 Å². The number of hydrogen-bond acceptors (Lipinski definition) is 4. The van der Waals surface area contributed by atoms with Crippen molar-refractivity contribution < 1.29 is 13.2 Å². The first-order chi connectivity index (χ1) is 9.54. The normalized spacial score (nSPS) is 13.7. The van der Waals surface area contributed by atoms with E-state index in [1.165, 1.54) is 18.5 Å². The van der Waals surface area contributed by atoms with E-state index in [-0.39, 0.29) is 4.90 Å². The van der Waals surface area contributed by atoms with E-state index >= 15 is 0 Å². The zero-order chi connectivity index (χ0) is 14.2. The quantitative estimate of drug-likeness (QED) is 0.919. The molecular weight excluding hydrogens is 344 g/mol. The summed E-state index contributed by atoms with van der Waals surface area (Å²) in [6, 6.07) is 6.77. The number of sulfonamides is 1. The number of aromatic nitrogens is 1. The van der Waals surface area contributed by atoms with Gasteiger partial charge in [0.1, 0.15) is 10.6 Å². The van der Waals surface area contributed by atoms with E-state index in [0.717, 1.165) is 17.7 Å². The predicted molar refractivity (Wildman–Crippen MR) is 78.4 cm³/mol. The third kappa shape index (κ3) is 2.64. The monoisotopic (exact) mass is 354 g/mol. The van der Waals surface area contributed by atoms with E-state index in [9.17, 15) is 8.42 Å². The van der Waals surface area contributed by atoms with Crippen molar-refractivity contribution in [2.24, 2.45) is 0 Å². The first-order valence-corrected chi connectivity index (χ1v) is 8.21. The lowest BCUT2D eigenvalue weighted by molar-refractivity contribution is 0.357. The Hall–Kier alpha value is -1.60. The molecule has 1 aliphatic rings. The molecule has 1 N–H and O–H groups in total. The largest absolute Gasteiger partial charge is 0.493 e. The van der Waals surface area contributed by atoms with Gasteiger partial charge in [0.15, 0.2) is 0 Å². The minimum Gasteiger partial charge on any atom is -0.493 e. The number of nitrogens with one attached hydrogen (secondary N) is 1. The topological polar surface area (TPSA) is 68.3 Å². The molecule has 1 aliphatic heterocycles. The van der Waals surface area contributed by atoms with Crippen molar-refractivity contribution in [1.82, 2.24) is 4.98 Å². The van der Waals surface area contributed by atoms with Gasteiger partial charge in [0.25, 0.3) is 10.0 Å². The van der Waals surface area contributed by atoms with Crippen LogP contribution >= 0.6 is 15.9 Å². The Morgan fingerprint density at radius 2 is 2.10 bits per heavy atom. The summed E-state index contributed by atoms with van der Waals surface area (Å²) < 4.78 is 33.1. The van der Waals surface area contributed by atoms with E-state index < -0.39 is 10.0 Å². The molecule has 0 fully saturated rings. The summed E-state index contributed by atoms with van der Waals surface area (Å²) >= 11 is 3.21. The fraction of sp³-hybridized carbons (Fsp3) is 0.154. The second-order valence-corrected chi connectivity index (χ2v) is 6.96. The first-order valence-electron chi connectivity index (χ1n) is 5.94.